The van der Waals surface area contributed by atoms with Crippen LogP contribution in [-0.2, 0) is 48.2 Å². The van der Waals surface area contributed by atoms with Crippen LogP contribution in [0.25, 0.3) is 0 Å². The van der Waals surface area contributed by atoms with Crippen LogP contribution in [0.4, 0.5) is 4.79 Å². The fourth-order valence-electron chi connectivity index (χ4n) is 5.21. The van der Waals surface area contributed by atoms with E-state index in [1.165, 1.54) is 6.92 Å². The molecule has 0 saturated carbocycles. The summed E-state index contributed by atoms with van der Waals surface area (Å²) < 4.78 is 10.7. The molecule has 248 valence electrons. The molecule has 1 aliphatic heterocycles. The molecule has 3 aromatic rings. The van der Waals surface area contributed by atoms with Gasteiger partial charge in [0.2, 0.25) is 17.6 Å². The molecule has 0 bridgehead atoms. The maximum atomic E-state index is 13.8. The van der Waals surface area contributed by atoms with Gasteiger partial charge < -0.3 is 30.7 Å². The van der Waals surface area contributed by atoms with E-state index in [1.54, 1.807) is 12.1 Å². The number of hydrogen-bond acceptors (Lipinski definition) is 7. The smallest absolute Gasteiger partial charge is 0.408 e. The van der Waals surface area contributed by atoms with Gasteiger partial charge in [-0.1, -0.05) is 91.0 Å². The predicted molar refractivity (Wildman–Crippen MR) is 175 cm³/mol. The number of alkyl carbamates (subject to hydrolysis) is 1. The molecule has 3 atom stereocenters. The number of nitrogens with one attached hydrogen (secondary N) is 4. The van der Waals surface area contributed by atoms with Crippen LogP contribution < -0.4 is 21.3 Å². The van der Waals surface area contributed by atoms with E-state index in [2.05, 4.69) is 21.3 Å². The van der Waals surface area contributed by atoms with Gasteiger partial charge in [0.1, 0.15) is 24.7 Å². The van der Waals surface area contributed by atoms with Crippen molar-refractivity contribution < 1.29 is 33.4 Å². The van der Waals surface area contributed by atoms with Gasteiger partial charge in [-0.15, -0.1) is 0 Å². The topological polar surface area (TPSA) is 152 Å². The molecule has 1 heterocycles. The third-order valence-corrected chi connectivity index (χ3v) is 7.92. The Morgan fingerprint density at radius 2 is 1.28 bits per heavy atom. The lowest BCUT2D eigenvalue weighted by Crippen LogP contribution is -2.57. The molecule has 0 aromatic heterocycles. The van der Waals surface area contributed by atoms with E-state index in [0.717, 1.165) is 16.7 Å². The van der Waals surface area contributed by atoms with Crippen molar-refractivity contribution in [2.45, 2.75) is 63.9 Å². The van der Waals surface area contributed by atoms with Crippen molar-refractivity contribution in [3.05, 3.63) is 108 Å². The highest BCUT2D eigenvalue weighted by molar-refractivity contribution is 6.38. The minimum atomic E-state index is -1.18. The summed E-state index contributed by atoms with van der Waals surface area (Å²) in [6.07, 6.45) is 0.990. The van der Waals surface area contributed by atoms with Crippen LogP contribution in [0.2, 0.25) is 0 Å². The van der Waals surface area contributed by atoms with Crippen molar-refractivity contribution in [1.29, 1.82) is 0 Å². The SMILES string of the molecule is CC(NC(=O)OCc1ccccc1)C(=O)N[C@@H](CC1CCOCC1)C(=O)N[C@@H](Cc1ccccc1)C(=O)C(=O)NCc1ccccc1. The summed E-state index contributed by atoms with van der Waals surface area (Å²) in [5.74, 6) is -2.75. The number of Topliss-reactive ketones (excluding diaryl/α,β-unsaturated/α-hetero) is 1. The minimum Gasteiger partial charge on any atom is -0.445 e. The van der Waals surface area contributed by atoms with E-state index in [4.69, 9.17) is 9.47 Å². The molecular formula is C36H42N4O7. The Kier molecular flexibility index (Phi) is 13.5. The first-order valence-corrected chi connectivity index (χ1v) is 15.8. The van der Waals surface area contributed by atoms with Gasteiger partial charge in [0.05, 0.1) is 0 Å². The summed E-state index contributed by atoms with van der Waals surface area (Å²) in [5.41, 5.74) is 2.36. The van der Waals surface area contributed by atoms with E-state index in [-0.39, 0.29) is 25.5 Å². The molecule has 1 saturated heterocycles. The first kappa shape index (κ1) is 34.8. The summed E-state index contributed by atoms with van der Waals surface area (Å²) in [6.45, 7) is 2.75. The molecule has 11 heteroatoms. The van der Waals surface area contributed by atoms with Gasteiger partial charge in [0.15, 0.2) is 0 Å². The van der Waals surface area contributed by atoms with Gasteiger partial charge in [0.25, 0.3) is 5.91 Å². The highest BCUT2D eigenvalue weighted by atomic mass is 16.5. The Bertz CT molecular complexity index is 1460. The van der Waals surface area contributed by atoms with Crippen LogP contribution in [0.15, 0.2) is 91.0 Å². The first-order valence-electron chi connectivity index (χ1n) is 15.8. The molecule has 0 spiro atoms. The Balaban J connectivity index is 1.43. The highest BCUT2D eigenvalue weighted by Gasteiger charge is 2.33. The Hall–Kier alpha value is -5.03. The quantitative estimate of drug-likeness (QED) is 0.186. The highest BCUT2D eigenvalue weighted by Crippen LogP contribution is 2.21. The summed E-state index contributed by atoms with van der Waals surface area (Å²) in [4.78, 5) is 65.9. The maximum Gasteiger partial charge on any atom is 0.408 e. The molecule has 1 unspecified atom stereocenters. The predicted octanol–water partition coefficient (Wildman–Crippen LogP) is 3.22. The second kappa shape index (κ2) is 18.2. The monoisotopic (exact) mass is 642 g/mol. The molecule has 47 heavy (non-hydrogen) atoms. The molecule has 4 rings (SSSR count). The Morgan fingerprint density at radius 3 is 1.89 bits per heavy atom. The van der Waals surface area contributed by atoms with Gasteiger partial charge in [-0.05, 0) is 48.8 Å². The lowest BCUT2D eigenvalue weighted by molar-refractivity contribution is -0.140. The molecule has 4 amide bonds. The lowest BCUT2D eigenvalue weighted by Gasteiger charge is -2.29. The van der Waals surface area contributed by atoms with Gasteiger partial charge in [-0.25, -0.2) is 4.79 Å². The van der Waals surface area contributed by atoms with Gasteiger partial charge >= 0.3 is 6.09 Å². The molecule has 3 aromatic carbocycles. The fraction of sp³-hybridized carbons (Fsp3) is 0.361. The van der Waals surface area contributed by atoms with Crippen molar-refractivity contribution >= 4 is 29.6 Å². The van der Waals surface area contributed by atoms with E-state index in [1.807, 2.05) is 78.9 Å². The third kappa shape index (κ3) is 11.7. The average molecular weight is 643 g/mol. The summed E-state index contributed by atoms with van der Waals surface area (Å²) >= 11 is 0. The van der Waals surface area contributed by atoms with Gasteiger partial charge in [0, 0.05) is 26.2 Å². The van der Waals surface area contributed by atoms with Crippen LogP contribution in [0, 0.1) is 5.92 Å². The molecule has 0 aliphatic carbocycles. The van der Waals surface area contributed by atoms with Crippen molar-refractivity contribution in [2.24, 2.45) is 5.92 Å². The molecule has 1 fully saturated rings. The van der Waals surface area contributed by atoms with Crippen LogP contribution in [0.5, 0.6) is 0 Å². The Labute approximate surface area is 274 Å². The summed E-state index contributed by atoms with van der Waals surface area (Å²) in [5, 5.41) is 10.6. The normalized spacial score (nSPS) is 14.9. The second-order valence-electron chi connectivity index (χ2n) is 11.6. The van der Waals surface area contributed by atoms with Gasteiger partial charge in [-0.2, -0.15) is 0 Å². The number of hydrogen-bond donors (Lipinski definition) is 4. The number of benzene rings is 3. The number of ether oxygens (including phenoxy) is 2. The number of rotatable bonds is 15. The molecule has 0 radical (unpaired) electrons. The zero-order valence-electron chi connectivity index (χ0n) is 26.5. The summed E-state index contributed by atoms with van der Waals surface area (Å²) in [6, 6.07) is 24.1. The number of amides is 4. The number of ketones is 1. The third-order valence-electron chi connectivity index (χ3n) is 7.92. The second-order valence-corrected chi connectivity index (χ2v) is 11.6. The first-order chi connectivity index (χ1) is 22.8. The van der Waals surface area contributed by atoms with E-state index < -0.39 is 47.7 Å². The largest absolute Gasteiger partial charge is 0.445 e. The van der Waals surface area contributed by atoms with Crippen molar-refractivity contribution in [2.75, 3.05) is 13.2 Å². The standard InChI is InChI=1S/C36H42N4O7/c1-25(38-36(45)47-24-29-15-9-4-10-16-29)33(42)40-31(22-27-17-19-46-20-18-27)34(43)39-30(21-26-11-5-2-6-12-26)32(41)35(44)37-23-28-13-7-3-8-14-28/h2-16,25,27,30-31H,17-24H2,1H3,(H,37,44)(H,38,45)(H,39,43)(H,40,42)/t25?,30-,31-/m0/s1. The zero-order chi connectivity index (χ0) is 33.4. The lowest BCUT2D eigenvalue weighted by atomic mass is 9.91. The molecule has 1 aliphatic rings. The Morgan fingerprint density at radius 1 is 0.723 bits per heavy atom. The van der Waals surface area contributed by atoms with E-state index >= 15 is 0 Å². The molecule has 4 N–H and O–H groups in total. The van der Waals surface area contributed by atoms with Gasteiger partial charge in [-0.3, -0.25) is 19.2 Å². The van der Waals surface area contributed by atoms with Crippen LogP contribution in [0.3, 0.4) is 0 Å². The zero-order valence-corrected chi connectivity index (χ0v) is 26.5. The van der Waals surface area contributed by atoms with Crippen LogP contribution in [-0.4, -0.2) is 60.9 Å². The van der Waals surface area contributed by atoms with E-state index in [0.29, 0.717) is 32.5 Å². The minimum absolute atomic E-state index is 0.0333. The van der Waals surface area contributed by atoms with Crippen molar-refractivity contribution in [3.63, 3.8) is 0 Å². The van der Waals surface area contributed by atoms with Crippen molar-refractivity contribution in [3.8, 4) is 0 Å². The number of carbonyl (C=O) groups is 5. The average Bonchev–Trinajstić information content (AvgIpc) is 3.10. The fourth-order valence-corrected chi connectivity index (χ4v) is 5.21. The van der Waals surface area contributed by atoms with Crippen molar-refractivity contribution in [1.82, 2.24) is 21.3 Å². The summed E-state index contributed by atoms with van der Waals surface area (Å²) in [7, 11) is 0. The maximum absolute atomic E-state index is 13.8. The molecule has 11 nitrogen and oxygen atoms in total. The van der Waals surface area contributed by atoms with E-state index in [9.17, 15) is 24.0 Å². The molecular weight excluding hydrogens is 600 g/mol. The number of carbonyl (C=O) groups excluding carboxylic acids is 5. The van der Waals surface area contributed by atoms with Crippen LogP contribution >= 0.6 is 0 Å². The van der Waals surface area contributed by atoms with Crippen LogP contribution in [0.1, 0.15) is 42.9 Å².